The van der Waals surface area contributed by atoms with Crippen LogP contribution in [0, 0.1) is 29.6 Å². The highest BCUT2D eigenvalue weighted by Gasteiger charge is 2.56. The average Bonchev–Trinajstić information content (AvgIpc) is 3.20. The average molecular weight is 818 g/mol. The Kier molecular flexibility index (Phi) is 17.9. The third kappa shape index (κ3) is 11.5. The zero-order chi connectivity index (χ0) is 42.9. The van der Waals surface area contributed by atoms with Crippen molar-refractivity contribution in [3.05, 3.63) is 35.5 Å². The monoisotopic (exact) mass is 817 g/mol. The maximum absolute atomic E-state index is 14.3. The minimum absolute atomic E-state index is 0.00766. The molecule has 0 aromatic heterocycles. The number of Topliss-reactive ketones (excluding diaryl/α,β-unsaturated/α-hetero) is 2. The molecule has 58 heavy (non-hydrogen) atoms. The highest BCUT2D eigenvalue weighted by Crippen LogP contribution is 2.39. The molecule has 13 nitrogen and oxygen atoms in total. The number of aliphatic hydroxyl groups excluding tert-OH is 2. The number of esters is 1. The number of ketones is 2. The number of allylic oxidation sites excluding steroid dienone is 5. The molecule has 328 valence electrons. The van der Waals surface area contributed by atoms with Crippen molar-refractivity contribution in [1.82, 2.24) is 4.90 Å². The summed E-state index contributed by atoms with van der Waals surface area (Å²) in [6.07, 6.45) is 7.29. The van der Waals surface area contributed by atoms with Gasteiger partial charge in [-0.25, -0.2) is 4.79 Å². The lowest BCUT2D eigenvalue weighted by molar-refractivity contribution is -0.302. The molecule has 3 heterocycles. The Morgan fingerprint density at radius 2 is 1.59 bits per heavy atom. The van der Waals surface area contributed by atoms with Crippen LogP contribution in [0.15, 0.2) is 35.5 Å². The Balaban J connectivity index is 1.79. The molecule has 0 spiro atoms. The molecule has 0 aromatic rings. The summed E-state index contributed by atoms with van der Waals surface area (Å²) >= 11 is 0. The number of hydrogen-bond acceptors (Lipinski definition) is 12. The van der Waals surface area contributed by atoms with Gasteiger partial charge in [-0.1, -0.05) is 50.6 Å². The van der Waals surface area contributed by atoms with E-state index in [1.54, 1.807) is 21.0 Å². The first kappa shape index (κ1) is 47.9. The summed E-state index contributed by atoms with van der Waals surface area (Å²) in [5, 5.41) is 34.3. The largest absolute Gasteiger partial charge is 0.456 e. The van der Waals surface area contributed by atoms with E-state index in [2.05, 4.69) is 6.92 Å². The van der Waals surface area contributed by atoms with Crippen molar-refractivity contribution in [3.8, 4) is 0 Å². The number of piperidine rings is 1. The Labute approximate surface area is 345 Å². The maximum Gasteiger partial charge on any atom is 0.329 e. The number of carbonyl (C=O) groups is 4. The molecule has 0 aromatic carbocycles. The van der Waals surface area contributed by atoms with Crippen LogP contribution >= 0.6 is 0 Å². The second-order valence-electron chi connectivity index (χ2n) is 17.6. The molecule has 3 aliphatic heterocycles. The predicted octanol–water partition coefficient (Wildman–Crippen LogP) is 5.03. The van der Waals surface area contributed by atoms with Crippen LogP contribution in [0.25, 0.3) is 0 Å². The summed E-state index contributed by atoms with van der Waals surface area (Å²) in [6.45, 7) is 11.2. The van der Waals surface area contributed by atoms with Crippen molar-refractivity contribution in [1.29, 1.82) is 0 Å². The molecule has 0 unspecified atom stereocenters. The minimum Gasteiger partial charge on any atom is -0.456 e. The maximum atomic E-state index is 14.3. The van der Waals surface area contributed by atoms with E-state index in [0.29, 0.717) is 56.9 Å². The first-order valence-electron chi connectivity index (χ1n) is 21.4. The van der Waals surface area contributed by atoms with E-state index in [4.69, 9.17) is 23.7 Å². The summed E-state index contributed by atoms with van der Waals surface area (Å²) in [6, 6.07) is -1.14. The van der Waals surface area contributed by atoms with Crippen LogP contribution in [-0.4, -0.2) is 126 Å². The van der Waals surface area contributed by atoms with Gasteiger partial charge in [0.2, 0.25) is 5.79 Å². The number of fused-ring (bicyclic) bond motifs is 3. The van der Waals surface area contributed by atoms with Gasteiger partial charge in [0, 0.05) is 52.0 Å². The molecule has 1 amide bonds. The molecule has 4 rings (SSSR count). The fourth-order valence-corrected chi connectivity index (χ4v) is 9.53. The minimum atomic E-state index is -2.51. The van der Waals surface area contributed by atoms with E-state index in [-0.39, 0.29) is 49.5 Å². The van der Waals surface area contributed by atoms with E-state index in [1.807, 2.05) is 45.1 Å². The summed E-state index contributed by atoms with van der Waals surface area (Å²) in [4.78, 5) is 58.0. The zero-order valence-electron chi connectivity index (χ0n) is 36.3. The molecule has 2 bridgehead atoms. The SMILES string of the molecule is C/C=C/C[C@@H]1/C=C(\C)C[C@H](C)C[C@H](OC)[C@H]2O[C@@](O)(C(=O)C(=O)N3CCCC[C@H]3C(=O)O[C@H](/C(C)=C/[C@@H]3CC[C@@H](O)[C@H](OC)C3)[C@H](C)[C@@H](O)CC1=O)[C@H](C)C[C@@H]2OC. The molecular formula is C45H71NO12. The van der Waals surface area contributed by atoms with Crippen LogP contribution in [0.5, 0.6) is 0 Å². The van der Waals surface area contributed by atoms with Gasteiger partial charge < -0.3 is 43.9 Å². The number of aliphatic hydroxyl groups is 3. The quantitative estimate of drug-likeness (QED) is 0.178. The lowest BCUT2D eigenvalue weighted by atomic mass is 9.81. The van der Waals surface area contributed by atoms with Gasteiger partial charge in [0.1, 0.15) is 24.0 Å². The number of methoxy groups -OCH3 is 3. The van der Waals surface area contributed by atoms with Crippen molar-refractivity contribution >= 4 is 23.4 Å². The fraction of sp³-hybridized carbons (Fsp3) is 0.778. The number of amides is 1. The van der Waals surface area contributed by atoms with Crippen LogP contribution < -0.4 is 0 Å². The molecule has 13 heteroatoms. The fourth-order valence-electron chi connectivity index (χ4n) is 9.53. The lowest BCUT2D eigenvalue weighted by Crippen LogP contribution is -2.64. The van der Waals surface area contributed by atoms with Crippen LogP contribution in [0.4, 0.5) is 0 Å². The van der Waals surface area contributed by atoms with E-state index in [9.17, 15) is 34.5 Å². The third-order valence-electron chi connectivity index (χ3n) is 13.1. The lowest BCUT2D eigenvalue weighted by Gasteiger charge is -2.47. The van der Waals surface area contributed by atoms with Gasteiger partial charge in [-0.15, -0.1) is 0 Å². The number of rotatable bonds is 7. The molecule has 3 fully saturated rings. The van der Waals surface area contributed by atoms with Crippen LogP contribution in [0.1, 0.15) is 112 Å². The Bertz CT molecular complexity index is 1510. The Morgan fingerprint density at radius 3 is 2.24 bits per heavy atom. The van der Waals surface area contributed by atoms with Gasteiger partial charge in [0.25, 0.3) is 11.7 Å². The topological polar surface area (TPSA) is 178 Å². The smallest absolute Gasteiger partial charge is 0.329 e. The number of hydrogen-bond donors (Lipinski definition) is 3. The number of carbonyl (C=O) groups excluding carboxylic acids is 4. The van der Waals surface area contributed by atoms with E-state index in [1.165, 1.54) is 19.1 Å². The first-order chi connectivity index (χ1) is 27.5. The third-order valence-corrected chi connectivity index (χ3v) is 13.1. The molecule has 3 N–H and O–H groups in total. The Morgan fingerprint density at radius 1 is 0.914 bits per heavy atom. The second kappa shape index (κ2) is 21.7. The van der Waals surface area contributed by atoms with E-state index < -0.39 is 83.9 Å². The van der Waals surface area contributed by atoms with Crippen molar-refractivity contribution in [2.45, 2.75) is 167 Å². The molecular weight excluding hydrogens is 746 g/mol. The zero-order valence-corrected chi connectivity index (χ0v) is 36.3. The molecule has 4 aliphatic rings. The number of ether oxygens (including phenoxy) is 5. The van der Waals surface area contributed by atoms with Gasteiger partial charge in [-0.2, -0.15) is 0 Å². The molecule has 2 saturated heterocycles. The normalized spacial score (nSPS) is 40.7. The van der Waals surface area contributed by atoms with Crippen molar-refractivity contribution in [2.24, 2.45) is 29.6 Å². The predicted molar refractivity (Wildman–Crippen MR) is 217 cm³/mol. The highest BCUT2D eigenvalue weighted by molar-refractivity contribution is 6.39. The van der Waals surface area contributed by atoms with Crippen molar-refractivity contribution < 1.29 is 58.2 Å². The van der Waals surface area contributed by atoms with Gasteiger partial charge in [-0.05, 0) is 102 Å². The molecule has 1 aliphatic carbocycles. The molecule has 14 atom stereocenters. The highest BCUT2D eigenvalue weighted by atomic mass is 16.7. The first-order valence-corrected chi connectivity index (χ1v) is 21.4. The van der Waals surface area contributed by atoms with E-state index in [0.717, 1.165) is 5.57 Å². The van der Waals surface area contributed by atoms with Gasteiger partial charge in [0.15, 0.2) is 0 Å². The van der Waals surface area contributed by atoms with Gasteiger partial charge in [-0.3, -0.25) is 14.4 Å². The Hall–Kier alpha value is -2.78. The van der Waals surface area contributed by atoms with Crippen LogP contribution in [-0.2, 0) is 42.9 Å². The summed E-state index contributed by atoms with van der Waals surface area (Å²) < 4.78 is 29.8. The summed E-state index contributed by atoms with van der Waals surface area (Å²) in [5.41, 5.74) is 1.64. The standard InChI is InChI=1S/C45H71NO12/c1-10-11-14-32-20-26(2)19-27(3)21-38(55-8)41-39(56-9)23-29(5)45(53,58-41)42(50)43(51)46-18-13-12-15-33(46)44(52)57-40(30(6)35(48)25-36(32)49)28(4)22-31-16-17-34(47)37(24-31)54-7/h10-11,20,22,27,29-35,37-41,47-48,53H,12-19,21,23-25H2,1-9H3/b11-10+,26-20+,28-22+/t27-,29+,30+,31-,32+,33-,34+,35-,37+,38-,39-,40+,41+,45+/m0/s1. The van der Waals surface area contributed by atoms with Crippen LogP contribution in [0.2, 0.25) is 0 Å². The summed E-state index contributed by atoms with van der Waals surface area (Å²) in [7, 11) is 4.63. The van der Waals surface area contributed by atoms with Crippen molar-refractivity contribution in [2.75, 3.05) is 27.9 Å². The van der Waals surface area contributed by atoms with Crippen molar-refractivity contribution in [3.63, 3.8) is 0 Å². The number of cyclic esters (lactones) is 1. The summed E-state index contributed by atoms with van der Waals surface area (Å²) in [5.74, 6) is -7.66. The van der Waals surface area contributed by atoms with Gasteiger partial charge >= 0.3 is 5.97 Å². The second-order valence-corrected chi connectivity index (χ2v) is 17.6. The van der Waals surface area contributed by atoms with Gasteiger partial charge in [0.05, 0.1) is 30.5 Å². The molecule has 1 saturated carbocycles. The molecule has 0 radical (unpaired) electrons. The van der Waals surface area contributed by atoms with Crippen LogP contribution in [0.3, 0.4) is 0 Å². The van der Waals surface area contributed by atoms with E-state index >= 15 is 0 Å². The number of nitrogens with zero attached hydrogens (tertiary/aromatic N) is 1.